The summed E-state index contributed by atoms with van der Waals surface area (Å²) in [6.45, 7) is 2.43. The molecular formula is C17H14N2O4S. The molecule has 1 amide bonds. The van der Waals surface area contributed by atoms with E-state index in [2.05, 4.69) is 4.99 Å². The predicted molar refractivity (Wildman–Crippen MR) is 88.2 cm³/mol. The topological polar surface area (TPSA) is 84.8 Å². The third kappa shape index (κ3) is 3.36. The quantitative estimate of drug-likeness (QED) is 0.790. The summed E-state index contributed by atoms with van der Waals surface area (Å²) in [6.07, 6.45) is 1.43. The van der Waals surface area contributed by atoms with Gasteiger partial charge in [0.2, 0.25) is 0 Å². The lowest BCUT2D eigenvalue weighted by atomic mass is 10.1. The summed E-state index contributed by atoms with van der Waals surface area (Å²) >= 11 is 1.37. The fraction of sp³-hybridized carbons (Fsp3) is 0.118. The maximum Gasteiger partial charge on any atom is 0.335 e. The van der Waals surface area contributed by atoms with Crippen molar-refractivity contribution < 1.29 is 19.1 Å². The molecule has 3 rings (SSSR count). The van der Waals surface area contributed by atoms with E-state index in [9.17, 15) is 9.59 Å². The second-order valence-corrected chi connectivity index (χ2v) is 5.98. The molecule has 0 unspecified atom stereocenters. The average Bonchev–Trinajstić information content (AvgIpc) is 3.21. The van der Waals surface area contributed by atoms with Crippen LogP contribution in [0.2, 0.25) is 0 Å². The highest BCUT2D eigenvalue weighted by molar-refractivity contribution is 7.07. The number of hydrogen-bond acceptors (Lipinski definition) is 4. The Labute approximate surface area is 141 Å². The van der Waals surface area contributed by atoms with E-state index in [0.717, 1.165) is 11.3 Å². The van der Waals surface area contributed by atoms with Gasteiger partial charge in [-0.2, -0.15) is 4.99 Å². The van der Waals surface area contributed by atoms with Crippen LogP contribution in [0, 0.1) is 6.92 Å². The molecule has 0 saturated carbocycles. The van der Waals surface area contributed by atoms with E-state index in [1.54, 1.807) is 36.4 Å². The van der Waals surface area contributed by atoms with Crippen LogP contribution >= 0.6 is 11.3 Å². The molecule has 2 heterocycles. The summed E-state index contributed by atoms with van der Waals surface area (Å²) in [5.74, 6) is -1.20. The number of thiazole rings is 1. The number of aromatic nitrogens is 1. The van der Waals surface area contributed by atoms with Crippen LogP contribution in [0.5, 0.6) is 0 Å². The molecule has 24 heavy (non-hydrogen) atoms. The molecule has 0 bridgehead atoms. The van der Waals surface area contributed by atoms with Crippen LogP contribution < -0.4 is 4.80 Å². The molecule has 0 aliphatic carbocycles. The first kappa shape index (κ1) is 15.9. The van der Waals surface area contributed by atoms with Gasteiger partial charge in [0.25, 0.3) is 0 Å². The minimum atomic E-state index is -0.958. The molecule has 0 saturated heterocycles. The van der Waals surface area contributed by atoms with Gasteiger partial charge in [-0.05, 0) is 36.8 Å². The fourth-order valence-electron chi connectivity index (χ4n) is 2.17. The van der Waals surface area contributed by atoms with Crippen LogP contribution in [0.3, 0.4) is 0 Å². The Morgan fingerprint density at radius 2 is 2.00 bits per heavy atom. The SMILES string of the molecule is Cc1csc(=NC(=O)c2ccco2)n1Cc1ccc(C(=O)O)cc1. The van der Waals surface area contributed by atoms with E-state index in [1.807, 2.05) is 16.9 Å². The molecule has 0 radical (unpaired) electrons. The highest BCUT2D eigenvalue weighted by Gasteiger charge is 2.09. The van der Waals surface area contributed by atoms with Crippen LogP contribution in [0.25, 0.3) is 0 Å². The molecule has 122 valence electrons. The maximum atomic E-state index is 12.1. The van der Waals surface area contributed by atoms with Gasteiger partial charge in [0.15, 0.2) is 10.6 Å². The number of aryl methyl sites for hydroxylation is 1. The average molecular weight is 342 g/mol. The number of rotatable bonds is 4. The summed E-state index contributed by atoms with van der Waals surface area (Å²) in [5, 5.41) is 10.9. The predicted octanol–water partition coefficient (Wildman–Crippen LogP) is 2.94. The number of furan rings is 1. The van der Waals surface area contributed by atoms with Crippen molar-refractivity contribution in [1.82, 2.24) is 4.57 Å². The number of carboxylic acids is 1. The van der Waals surface area contributed by atoms with E-state index in [0.29, 0.717) is 11.3 Å². The maximum absolute atomic E-state index is 12.1. The van der Waals surface area contributed by atoms with E-state index >= 15 is 0 Å². The Morgan fingerprint density at radius 1 is 1.25 bits per heavy atom. The van der Waals surface area contributed by atoms with Gasteiger partial charge in [-0.15, -0.1) is 11.3 Å². The minimum absolute atomic E-state index is 0.193. The first-order valence-electron chi connectivity index (χ1n) is 7.14. The Morgan fingerprint density at radius 3 is 2.62 bits per heavy atom. The molecule has 0 aliphatic heterocycles. The molecule has 0 fully saturated rings. The molecule has 0 aliphatic rings. The summed E-state index contributed by atoms with van der Waals surface area (Å²) < 4.78 is 6.97. The first-order chi connectivity index (χ1) is 11.5. The molecule has 6 nitrogen and oxygen atoms in total. The monoisotopic (exact) mass is 342 g/mol. The second kappa shape index (κ2) is 6.67. The molecule has 0 atom stereocenters. The Balaban J connectivity index is 1.90. The van der Waals surface area contributed by atoms with Crippen LogP contribution in [0.4, 0.5) is 0 Å². The standard InChI is InChI=1S/C17H14N2O4S/c1-11-10-24-17(18-15(20)14-3-2-8-23-14)19(11)9-12-4-6-13(7-5-12)16(21)22/h2-8,10H,9H2,1H3,(H,21,22). The largest absolute Gasteiger partial charge is 0.478 e. The lowest BCUT2D eigenvalue weighted by Gasteiger charge is -2.06. The van der Waals surface area contributed by atoms with Gasteiger partial charge in [-0.3, -0.25) is 4.79 Å². The van der Waals surface area contributed by atoms with Crippen LogP contribution in [0.1, 0.15) is 32.2 Å². The van der Waals surface area contributed by atoms with Gasteiger partial charge in [-0.25, -0.2) is 4.79 Å². The molecule has 2 aromatic heterocycles. The third-order valence-corrected chi connectivity index (χ3v) is 4.44. The third-order valence-electron chi connectivity index (χ3n) is 3.46. The number of hydrogen-bond donors (Lipinski definition) is 1. The van der Waals surface area contributed by atoms with Crippen molar-refractivity contribution in [3.63, 3.8) is 0 Å². The van der Waals surface area contributed by atoms with Gasteiger partial charge in [0.1, 0.15) is 0 Å². The molecule has 0 spiro atoms. The van der Waals surface area contributed by atoms with Crippen LogP contribution in [-0.2, 0) is 6.54 Å². The smallest absolute Gasteiger partial charge is 0.335 e. The molecule has 1 aromatic carbocycles. The molecular weight excluding hydrogens is 328 g/mol. The zero-order chi connectivity index (χ0) is 17.1. The summed E-state index contributed by atoms with van der Waals surface area (Å²) in [5.41, 5.74) is 2.13. The Kier molecular flexibility index (Phi) is 4.43. The van der Waals surface area contributed by atoms with Crippen LogP contribution in [-0.4, -0.2) is 21.6 Å². The lowest BCUT2D eigenvalue weighted by Crippen LogP contribution is -2.19. The highest BCUT2D eigenvalue weighted by Crippen LogP contribution is 2.09. The van der Waals surface area contributed by atoms with Crippen molar-refractivity contribution in [2.24, 2.45) is 4.99 Å². The zero-order valence-electron chi connectivity index (χ0n) is 12.8. The minimum Gasteiger partial charge on any atom is -0.478 e. The van der Waals surface area contributed by atoms with Crippen molar-refractivity contribution in [2.75, 3.05) is 0 Å². The van der Waals surface area contributed by atoms with Crippen molar-refractivity contribution in [1.29, 1.82) is 0 Å². The summed E-state index contributed by atoms with van der Waals surface area (Å²) in [7, 11) is 0. The van der Waals surface area contributed by atoms with E-state index < -0.39 is 11.9 Å². The number of benzene rings is 1. The number of amides is 1. The van der Waals surface area contributed by atoms with Crippen molar-refractivity contribution in [3.05, 3.63) is 75.4 Å². The summed E-state index contributed by atoms with van der Waals surface area (Å²) in [4.78, 5) is 27.7. The van der Waals surface area contributed by atoms with Crippen molar-refractivity contribution in [3.8, 4) is 0 Å². The highest BCUT2D eigenvalue weighted by atomic mass is 32.1. The second-order valence-electron chi connectivity index (χ2n) is 5.14. The van der Waals surface area contributed by atoms with E-state index in [4.69, 9.17) is 9.52 Å². The van der Waals surface area contributed by atoms with Crippen molar-refractivity contribution >= 4 is 23.2 Å². The van der Waals surface area contributed by atoms with Gasteiger partial charge in [0, 0.05) is 11.1 Å². The number of nitrogens with zero attached hydrogens (tertiary/aromatic N) is 2. The van der Waals surface area contributed by atoms with Crippen LogP contribution in [0.15, 0.2) is 57.5 Å². The number of carbonyl (C=O) groups excluding carboxylic acids is 1. The van der Waals surface area contributed by atoms with Gasteiger partial charge >= 0.3 is 11.9 Å². The molecule has 7 heteroatoms. The Bertz CT molecular complexity index is 934. The molecule has 3 aromatic rings. The number of carboxylic acid groups (broad SMARTS) is 1. The van der Waals surface area contributed by atoms with E-state index in [-0.39, 0.29) is 11.3 Å². The number of carbonyl (C=O) groups is 2. The van der Waals surface area contributed by atoms with Gasteiger partial charge < -0.3 is 14.1 Å². The summed E-state index contributed by atoms with van der Waals surface area (Å²) in [6, 6.07) is 9.84. The van der Waals surface area contributed by atoms with Crippen molar-refractivity contribution in [2.45, 2.75) is 13.5 Å². The zero-order valence-corrected chi connectivity index (χ0v) is 13.6. The van der Waals surface area contributed by atoms with Gasteiger partial charge in [0.05, 0.1) is 18.4 Å². The molecule has 1 N–H and O–H groups in total. The van der Waals surface area contributed by atoms with Gasteiger partial charge in [-0.1, -0.05) is 12.1 Å². The number of aromatic carboxylic acids is 1. The first-order valence-corrected chi connectivity index (χ1v) is 8.02. The van der Waals surface area contributed by atoms with E-state index in [1.165, 1.54) is 17.6 Å². The lowest BCUT2D eigenvalue weighted by molar-refractivity contribution is 0.0696. The normalized spacial score (nSPS) is 11.6. The fourth-order valence-corrected chi connectivity index (χ4v) is 3.05. The Hall–Kier alpha value is -2.93.